The third-order valence-electron chi connectivity index (χ3n) is 25.4. The lowest BCUT2D eigenvalue weighted by Crippen LogP contribution is -2.53. The SMILES string of the molecule is COc1nc(Cl)cc2c1[C@]1(O)[C@H](O)[C@H](CN3CC(C(F)F)C3)[C@@H](c3ccccc3)C1(c1ccc(Br)cc1)O2.[C-]#[N+]c1ccc(C23Oc4cc([N+]#[C-])nc(OC)c4[C@]2(O)[C@H](O)[C@H](CN2CC(C(F)F)C2)[C@H]3c2ccccc2)cc1.[C-]#[N+]c1ccc([C@@]23Oc4cc([N+]#[C-])nc(OC)c4[C@]2(O)[C@H](O)[C@H](CN2CC(C(F)F)C2)[C@H]3c2ccccc2)cc1. The summed E-state index contributed by atoms with van der Waals surface area (Å²) in [5.41, 5.74) is -5.63. The van der Waals surface area contributed by atoms with Crippen LogP contribution in [0.1, 0.15) is 67.8 Å². The molecule has 3 aliphatic carbocycles. The van der Waals surface area contributed by atoms with Crippen LogP contribution in [0, 0.1) is 61.8 Å². The van der Waals surface area contributed by atoms with Crippen molar-refractivity contribution < 1.29 is 85.4 Å². The molecule has 6 N–H and O–H groups in total. The van der Waals surface area contributed by atoms with Crippen LogP contribution in [-0.4, -0.2) is 178 Å². The number of aliphatic hydroxyl groups excluding tert-OH is 3. The van der Waals surface area contributed by atoms with E-state index >= 15 is 0 Å². The molecule has 6 fully saturated rings. The topological polar surface area (TPSA) is 243 Å². The number of hydrogen-bond acceptors (Lipinski definition) is 18. The van der Waals surface area contributed by atoms with Crippen molar-refractivity contribution in [2.24, 2.45) is 35.5 Å². The maximum absolute atomic E-state index is 13.3. The van der Waals surface area contributed by atoms with Crippen LogP contribution in [0.3, 0.4) is 0 Å². The second kappa shape index (κ2) is 31.3. The number of rotatable bonds is 18. The number of halogens is 8. The van der Waals surface area contributed by atoms with E-state index in [1.807, 2.05) is 130 Å². The molecule has 0 spiro atoms. The van der Waals surface area contributed by atoms with Crippen LogP contribution in [-0.2, 0) is 33.6 Å². The summed E-state index contributed by atoms with van der Waals surface area (Å²) < 4.78 is 117. The number of aromatic nitrogens is 3. The van der Waals surface area contributed by atoms with Crippen molar-refractivity contribution in [3.8, 4) is 34.9 Å². The van der Waals surface area contributed by atoms with Crippen LogP contribution in [0.5, 0.6) is 34.9 Å². The quantitative estimate of drug-likeness (QED) is 0.0266. The Labute approximate surface area is 688 Å². The first-order chi connectivity index (χ1) is 56.8. The van der Waals surface area contributed by atoms with E-state index in [1.54, 1.807) is 48.5 Å². The molecule has 0 radical (unpaired) electrons. The molecular weight excluding hydrogens is 1620 g/mol. The average molecular weight is 1700 g/mol. The number of fused-ring (bicyclic) bond motifs is 9. The van der Waals surface area contributed by atoms with Gasteiger partial charge in [-0.1, -0.05) is 202 Å². The minimum atomic E-state index is -2.42. The van der Waals surface area contributed by atoms with Crippen molar-refractivity contribution in [3.63, 3.8) is 0 Å². The molecule has 30 heteroatoms. The summed E-state index contributed by atoms with van der Waals surface area (Å²) in [6.45, 7) is 31.7. The van der Waals surface area contributed by atoms with Gasteiger partial charge in [-0.15, -0.1) is 0 Å². The fraction of sp³-hybridized carbons (Fsp3) is 0.375. The van der Waals surface area contributed by atoms with Gasteiger partial charge in [-0.25, -0.2) is 41.0 Å². The second-order valence-electron chi connectivity index (χ2n) is 31.3. The third kappa shape index (κ3) is 12.5. The van der Waals surface area contributed by atoms with E-state index in [9.17, 15) is 57.0 Å². The number of aliphatic hydroxyl groups is 6. The lowest BCUT2D eigenvalue weighted by atomic mass is 9.70. The van der Waals surface area contributed by atoms with Crippen LogP contribution in [0.4, 0.5) is 49.4 Å². The first-order valence-electron chi connectivity index (χ1n) is 38.1. The molecule has 18 rings (SSSR count). The first kappa shape index (κ1) is 81.3. The minimum Gasteiger partial charge on any atom is -0.481 e. The lowest BCUT2D eigenvalue weighted by molar-refractivity contribution is -0.153. The third-order valence-corrected chi connectivity index (χ3v) is 26.1. The van der Waals surface area contributed by atoms with E-state index in [0.29, 0.717) is 34.6 Å². The second-order valence-corrected chi connectivity index (χ2v) is 32.6. The Balaban J connectivity index is 0.000000132. The number of benzene rings is 6. The molecule has 3 saturated heterocycles. The van der Waals surface area contributed by atoms with Gasteiger partial charge in [-0.2, -0.15) is 0 Å². The maximum Gasteiger partial charge on any atom is 0.319 e. The van der Waals surface area contributed by atoms with Crippen molar-refractivity contribution in [3.05, 3.63) is 287 Å². The minimum absolute atomic E-state index is 0.00130. The number of methoxy groups -OCH3 is 3. The maximum atomic E-state index is 13.3. The largest absolute Gasteiger partial charge is 0.481 e. The highest BCUT2D eigenvalue weighted by Crippen LogP contribution is 2.74. The Bertz CT molecular complexity index is 5210. The Morgan fingerprint density at radius 2 is 0.712 bits per heavy atom. The van der Waals surface area contributed by atoms with Crippen LogP contribution >= 0.6 is 27.5 Å². The zero-order valence-electron chi connectivity index (χ0n) is 63.5. The van der Waals surface area contributed by atoms with E-state index in [-0.39, 0.29) is 121 Å². The number of pyridine rings is 3. The first-order valence-corrected chi connectivity index (χ1v) is 39.3. The predicted molar refractivity (Wildman–Crippen MR) is 422 cm³/mol. The van der Waals surface area contributed by atoms with Crippen LogP contribution in [0.25, 0.3) is 19.4 Å². The van der Waals surface area contributed by atoms with Crippen LogP contribution in [0.15, 0.2) is 186 Å². The molecule has 6 aliphatic heterocycles. The highest BCUT2D eigenvalue weighted by Gasteiger charge is 2.81. The summed E-state index contributed by atoms with van der Waals surface area (Å²) in [6.07, 6.45) is -11.4. The van der Waals surface area contributed by atoms with Gasteiger partial charge in [0, 0.05) is 135 Å². The highest BCUT2D eigenvalue weighted by atomic mass is 79.9. The van der Waals surface area contributed by atoms with Crippen molar-refractivity contribution >= 4 is 50.5 Å². The van der Waals surface area contributed by atoms with Gasteiger partial charge < -0.3 is 83.5 Å². The summed E-state index contributed by atoms with van der Waals surface area (Å²) in [5, 5.41) is 74.9. The highest BCUT2D eigenvalue weighted by molar-refractivity contribution is 9.10. The molecule has 608 valence electrons. The molecule has 22 nitrogen and oxygen atoms in total. The van der Waals surface area contributed by atoms with Gasteiger partial charge in [0.1, 0.15) is 33.5 Å². The van der Waals surface area contributed by atoms with Crippen molar-refractivity contribution in [1.29, 1.82) is 0 Å². The fourth-order valence-corrected chi connectivity index (χ4v) is 20.8. The zero-order valence-corrected chi connectivity index (χ0v) is 65.8. The Hall–Kier alpha value is -10.5. The molecule has 9 heterocycles. The van der Waals surface area contributed by atoms with Gasteiger partial charge in [-0.05, 0) is 45.5 Å². The predicted octanol–water partition coefficient (Wildman–Crippen LogP) is 14.2. The van der Waals surface area contributed by atoms with Gasteiger partial charge in [0.25, 0.3) is 11.6 Å². The van der Waals surface area contributed by atoms with E-state index in [0.717, 1.165) is 21.2 Å². The van der Waals surface area contributed by atoms with Gasteiger partial charge in [0.2, 0.25) is 25.2 Å². The summed E-state index contributed by atoms with van der Waals surface area (Å²) in [6, 6.07) is 53.2. The lowest BCUT2D eigenvalue weighted by Gasteiger charge is -2.43. The van der Waals surface area contributed by atoms with E-state index in [4.69, 9.17) is 66.3 Å². The Kier molecular flexibility index (Phi) is 21.6. The standard InChI is InChI=1S/2C30H26F2N4O4.C28H26BrClF2N2O4/c2*1-33-20-11-9-19(10-12-20)30-24(17-7-5-4-6-8-17)21(16-36-14-18(15-36)27(31)32)26(37)29(30,38)25-22(40-30)13-23(34-2)35-28(25)39-3;1-37-26-23-20(11-21(30)33-26)38-28(17-7-9-18(29)10-8-17)22(15-5-3-2-4-6-15)19(24(35)27(23,28)36)14-34-12-16(13-34)25(31)32/h2*4-13,18,21,24,26-27,37-38H,14-16H2,3H3;2-11,16,19,22,24-25,35-36H,12-14H2,1H3/t21-,24-,26-,29+,30?;21-,24-,26-,29+,30+;19-,22-,24-,27+,28?/m111/s1. The van der Waals surface area contributed by atoms with E-state index in [1.165, 1.54) is 39.5 Å². The van der Waals surface area contributed by atoms with Crippen molar-refractivity contribution in [2.75, 3.05) is 80.2 Å². The zero-order chi connectivity index (χ0) is 83.3. The molecule has 3 aromatic heterocycles. The number of ether oxygens (including phenoxy) is 6. The monoisotopic (exact) mass is 1690 g/mol. The smallest absolute Gasteiger partial charge is 0.319 e. The normalized spacial score (nSPS) is 29.6. The summed E-state index contributed by atoms with van der Waals surface area (Å²) in [5.74, 6) is -5.36. The van der Waals surface area contributed by atoms with Gasteiger partial charge in [-0.3, -0.25) is 0 Å². The van der Waals surface area contributed by atoms with Gasteiger partial charge in [0.15, 0.2) is 45.0 Å². The summed E-state index contributed by atoms with van der Waals surface area (Å²) in [4.78, 5) is 32.2. The number of nitrogens with zero attached hydrogens (tertiary/aromatic N) is 10. The van der Waals surface area contributed by atoms with Crippen LogP contribution < -0.4 is 28.4 Å². The van der Waals surface area contributed by atoms with Crippen LogP contribution in [0.2, 0.25) is 5.15 Å². The van der Waals surface area contributed by atoms with Gasteiger partial charge >= 0.3 is 11.8 Å². The van der Waals surface area contributed by atoms with Crippen molar-refractivity contribution in [1.82, 2.24) is 29.7 Å². The summed E-state index contributed by atoms with van der Waals surface area (Å²) in [7, 11) is 4.14. The molecule has 0 amide bonds. The Morgan fingerprint density at radius 1 is 0.432 bits per heavy atom. The molecule has 15 atom stereocenters. The molecule has 0 bridgehead atoms. The van der Waals surface area contributed by atoms with Gasteiger partial charge in [0.05, 0.1) is 58.3 Å². The molecular formula is C88H78BrClF6N10O12. The molecule has 3 saturated carbocycles. The molecule has 9 aromatic rings. The number of hydrogen-bond donors (Lipinski definition) is 6. The average Bonchev–Trinajstić information content (AvgIpc) is 1.51. The molecule has 118 heavy (non-hydrogen) atoms. The fourth-order valence-electron chi connectivity index (χ4n) is 20.3. The number of alkyl halides is 6. The Morgan fingerprint density at radius 3 is 0.983 bits per heavy atom. The summed E-state index contributed by atoms with van der Waals surface area (Å²) >= 11 is 9.77. The van der Waals surface area contributed by atoms with E-state index < -0.39 is 124 Å². The molecule has 9 aliphatic rings. The van der Waals surface area contributed by atoms with Crippen molar-refractivity contribution in [2.45, 2.75) is 88.9 Å². The van der Waals surface area contributed by atoms with E-state index in [2.05, 4.69) is 50.3 Å². The molecule has 6 aromatic carbocycles. The molecule has 2 unspecified atom stereocenters. The number of likely N-dealkylation sites (tertiary alicyclic amines) is 3.